The minimum absolute atomic E-state index is 0.423. The zero-order valence-corrected chi connectivity index (χ0v) is 17.2. The number of rotatable bonds is 4. The molecule has 4 heteroatoms. The van der Waals surface area contributed by atoms with Gasteiger partial charge in [-0.2, -0.15) is 22.4 Å². The molecule has 0 aliphatic carbocycles. The molecule has 17 heavy (non-hydrogen) atoms. The molecule has 0 aliphatic rings. The lowest BCUT2D eigenvalue weighted by molar-refractivity contribution is 0.809. The molecule has 0 amide bonds. The highest BCUT2D eigenvalue weighted by Crippen LogP contribution is 2.43. The minimum atomic E-state index is -1.12. The second-order valence-corrected chi connectivity index (χ2v) is 27.3. The van der Waals surface area contributed by atoms with E-state index < -0.39 is 14.4 Å². The molecule has 0 aromatic heterocycles. The average molecular weight is 309 g/mol. The van der Waals surface area contributed by atoms with Gasteiger partial charge in [-0.1, -0.05) is 67.7 Å². The summed E-state index contributed by atoms with van der Waals surface area (Å²) in [5.41, 5.74) is 1.52. The van der Waals surface area contributed by atoms with Crippen molar-refractivity contribution in [3.05, 3.63) is 0 Å². The van der Waals surface area contributed by atoms with Gasteiger partial charge in [0.05, 0.1) is 0 Å². The van der Waals surface area contributed by atoms with Crippen molar-refractivity contribution in [1.82, 2.24) is 0 Å². The van der Waals surface area contributed by atoms with E-state index in [1.807, 2.05) is 0 Å². The average Bonchev–Trinajstić information content (AvgIpc) is 1.65. The summed E-state index contributed by atoms with van der Waals surface area (Å²) in [4.78, 5) is 0. The summed E-state index contributed by atoms with van der Waals surface area (Å²) < 4.78 is 0.846. The van der Waals surface area contributed by atoms with Crippen LogP contribution >= 0.6 is 22.4 Å². The number of hydrogen-bond acceptors (Lipinski definition) is 2. The molecule has 0 nitrogen and oxygen atoms in total. The Morgan fingerprint density at radius 3 is 1.06 bits per heavy atom. The normalized spacial score (nSPS) is 15.2. The zero-order valence-electron chi connectivity index (χ0n) is 13.5. The summed E-state index contributed by atoms with van der Waals surface area (Å²) in [6, 6.07) is 0. The first-order chi connectivity index (χ1) is 7.12. The van der Waals surface area contributed by atoms with E-state index in [0.29, 0.717) is 9.49 Å². The molecule has 0 aromatic rings. The van der Waals surface area contributed by atoms with Crippen LogP contribution in [0.25, 0.3) is 0 Å². The molecule has 0 unspecified atom stereocenters. The molecule has 0 rings (SSSR count). The fourth-order valence-corrected chi connectivity index (χ4v) is 33.4. The highest BCUT2D eigenvalue weighted by atomic mass is 32.4. The highest BCUT2D eigenvalue weighted by Gasteiger charge is 2.38. The van der Waals surface area contributed by atoms with Crippen LogP contribution in [-0.2, 0) is 0 Å². The van der Waals surface area contributed by atoms with Gasteiger partial charge in [0, 0.05) is 9.49 Å². The molecule has 0 spiro atoms. The lowest BCUT2D eigenvalue weighted by Gasteiger charge is -2.38. The van der Waals surface area contributed by atoms with Gasteiger partial charge >= 0.3 is 0 Å². The molecule has 0 aliphatic heterocycles. The quantitative estimate of drug-likeness (QED) is 0.584. The highest BCUT2D eigenvalue weighted by molar-refractivity contribution is 8.33. The van der Waals surface area contributed by atoms with Crippen molar-refractivity contribution in [3.8, 4) is 0 Å². The Morgan fingerprint density at radius 2 is 0.882 bits per heavy atom. The maximum absolute atomic E-state index is 2.56. The Balaban J connectivity index is 4.59. The van der Waals surface area contributed by atoms with E-state index >= 15 is 0 Å². The van der Waals surface area contributed by atoms with Gasteiger partial charge in [0.15, 0.2) is 0 Å². The van der Waals surface area contributed by atoms with Crippen LogP contribution in [0.2, 0.25) is 31.9 Å². The topological polar surface area (TPSA) is 0 Å². The molecular weight excluding hydrogens is 276 g/mol. The lowest BCUT2D eigenvalue weighted by Crippen LogP contribution is -2.40. The van der Waals surface area contributed by atoms with Crippen molar-refractivity contribution >= 4 is 36.9 Å². The predicted octanol–water partition coefficient (Wildman–Crippen LogP) is 6.00. The third kappa shape index (κ3) is 10.7. The van der Waals surface area contributed by atoms with Crippen molar-refractivity contribution < 1.29 is 0 Å². The van der Waals surface area contributed by atoms with E-state index in [2.05, 4.69) is 90.2 Å². The van der Waals surface area contributed by atoms with Gasteiger partial charge in [-0.3, -0.25) is 0 Å². The smallest absolute Gasteiger partial charge is 0.110 e. The standard InChI is InChI=1S/C13H32S2Si2/c1-12(2,3)14-16(7,8)11-17(9,10)15-13(4,5)6/h11H2,1-10H3. The Bertz CT molecular complexity index is 221. The second kappa shape index (κ2) is 5.63. The van der Waals surface area contributed by atoms with Crippen LogP contribution in [0.15, 0.2) is 0 Å². The van der Waals surface area contributed by atoms with Crippen LogP contribution in [0.5, 0.6) is 0 Å². The fraction of sp³-hybridized carbons (Fsp3) is 1.00. The van der Waals surface area contributed by atoms with Gasteiger partial charge in [0.1, 0.15) is 14.4 Å². The summed E-state index contributed by atoms with van der Waals surface area (Å²) in [5, 5.41) is 0. The summed E-state index contributed by atoms with van der Waals surface area (Å²) >= 11 is 4.54. The molecule has 0 atom stereocenters. The van der Waals surface area contributed by atoms with E-state index in [4.69, 9.17) is 0 Å². The van der Waals surface area contributed by atoms with E-state index in [9.17, 15) is 0 Å². The first kappa shape index (κ1) is 18.1. The largest absolute Gasteiger partial charge is 0.180 e. The van der Waals surface area contributed by atoms with Crippen LogP contribution in [0.1, 0.15) is 41.5 Å². The van der Waals surface area contributed by atoms with Gasteiger partial charge in [0.2, 0.25) is 0 Å². The van der Waals surface area contributed by atoms with Crippen LogP contribution in [0.3, 0.4) is 0 Å². The summed E-state index contributed by atoms with van der Waals surface area (Å²) in [6.07, 6.45) is 0. The monoisotopic (exact) mass is 308 g/mol. The van der Waals surface area contributed by atoms with Crippen molar-refractivity contribution in [2.24, 2.45) is 0 Å². The van der Waals surface area contributed by atoms with E-state index in [0.717, 1.165) is 0 Å². The molecule has 0 saturated carbocycles. The molecule has 0 bridgehead atoms. The van der Waals surface area contributed by atoms with Crippen molar-refractivity contribution in [2.45, 2.75) is 82.9 Å². The van der Waals surface area contributed by atoms with E-state index in [-0.39, 0.29) is 0 Å². The SMILES string of the molecule is CC(C)(C)S[Si](C)(C)C[Si](C)(C)SC(C)(C)C. The first-order valence-corrected chi connectivity index (χ1v) is 16.0. The summed E-state index contributed by atoms with van der Waals surface area (Å²) in [6.45, 7) is 24.4. The lowest BCUT2D eigenvalue weighted by atomic mass is 10.3. The Kier molecular flexibility index (Phi) is 6.01. The van der Waals surface area contributed by atoms with Gasteiger partial charge in [-0.15, -0.1) is 0 Å². The molecule has 0 saturated heterocycles. The second-order valence-electron chi connectivity index (χ2n) is 8.13. The molecule has 104 valence electrons. The fourth-order valence-electron chi connectivity index (χ4n) is 2.76. The first-order valence-electron chi connectivity index (χ1n) is 6.52. The van der Waals surface area contributed by atoms with Gasteiger partial charge in [-0.05, 0) is 5.67 Å². The van der Waals surface area contributed by atoms with Crippen LogP contribution in [0, 0.1) is 0 Å². The van der Waals surface area contributed by atoms with Crippen molar-refractivity contribution in [1.29, 1.82) is 0 Å². The van der Waals surface area contributed by atoms with E-state index in [1.165, 1.54) is 5.67 Å². The van der Waals surface area contributed by atoms with E-state index in [1.54, 1.807) is 0 Å². The third-order valence-corrected chi connectivity index (χ3v) is 20.7. The molecule has 0 fully saturated rings. The molecule has 0 aromatic carbocycles. The number of hydrogen-bond donors (Lipinski definition) is 0. The van der Waals surface area contributed by atoms with Crippen LogP contribution in [-0.4, -0.2) is 23.9 Å². The van der Waals surface area contributed by atoms with Crippen molar-refractivity contribution in [2.75, 3.05) is 0 Å². The Labute approximate surface area is 119 Å². The van der Waals surface area contributed by atoms with Crippen LogP contribution in [0.4, 0.5) is 0 Å². The van der Waals surface area contributed by atoms with Gasteiger partial charge in [0.25, 0.3) is 0 Å². The van der Waals surface area contributed by atoms with Crippen LogP contribution < -0.4 is 0 Å². The minimum Gasteiger partial charge on any atom is -0.180 e. The third-order valence-electron chi connectivity index (χ3n) is 2.02. The maximum Gasteiger partial charge on any atom is 0.110 e. The molecule has 0 heterocycles. The predicted molar refractivity (Wildman–Crippen MR) is 94.5 cm³/mol. The Morgan fingerprint density at radius 1 is 0.647 bits per heavy atom. The summed E-state index contributed by atoms with van der Waals surface area (Å²) in [7, 11) is -2.23. The summed E-state index contributed by atoms with van der Waals surface area (Å²) in [5.74, 6) is 0. The molecule has 0 radical (unpaired) electrons. The van der Waals surface area contributed by atoms with Gasteiger partial charge in [-0.25, -0.2) is 0 Å². The van der Waals surface area contributed by atoms with Crippen molar-refractivity contribution in [3.63, 3.8) is 0 Å². The van der Waals surface area contributed by atoms with Gasteiger partial charge < -0.3 is 0 Å². The zero-order chi connectivity index (χ0) is 14.1. The maximum atomic E-state index is 2.56. The molecule has 0 N–H and O–H groups in total. The molecular formula is C13H32S2Si2. The Hall–Kier alpha value is 1.13.